The third-order valence-electron chi connectivity index (χ3n) is 7.26. The predicted molar refractivity (Wildman–Crippen MR) is 140 cm³/mol. The van der Waals surface area contributed by atoms with E-state index in [1.165, 1.54) is 0 Å². The molecule has 2 unspecified atom stereocenters. The minimum absolute atomic E-state index is 0.0833. The van der Waals surface area contributed by atoms with Crippen LogP contribution in [0, 0.1) is 5.92 Å². The van der Waals surface area contributed by atoms with Crippen molar-refractivity contribution in [3.63, 3.8) is 0 Å². The zero-order valence-electron chi connectivity index (χ0n) is 22.5. The van der Waals surface area contributed by atoms with Crippen molar-refractivity contribution < 1.29 is 9.47 Å². The van der Waals surface area contributed by atoms with Gasteiger partial charge in [-0.15, -0.1) is 5.10 Å². The maximum Gasteiger partial charge on any atom is 0.252 e. The highest BCUT2D eigenvalue weighted by molar-refractivity contribution is 5.80. The molecule has 3 heterocycles. The highest BCUT2D eigenvalue weighted by atomic mass is 16.5. The lowest BCUT2D eigenvalue weighted by Crippen LogP contribution is -2.41. The molecule has 1 aliphatic heterocycles. The topological polar surface area (TPSA) is 98.2 Å². The molecule has 2 aromatic heterocycles. The highest BCUT2D eigenvalue weighted by Crippen LogP contribution is 2.33. The lowest BCUT2D eigenvalue weighted by Gasteiger charge is -2.36. The lowest BCUT2D eigenvalue weighted by atomic mass is 9.97. The minimum Gasteiger partial charge on any atom is -0.494 e. The summed E-state index contributed by atoms with van der Waals surface area (Å²) in [6.45, 7) is 15.3. The smallest absolute Gasteiger partial charge is 0.252 e. The molecule has 9 heteroatoms. The molecule has 36 heavy (non-hydrogen) atoms. The third-order valence-corrected chi connectivity index (χ3v) is 7.26. The SMILES string of the molecule is CCOc1ccc2[nH]c(=O)c(CN(CC3CCCO3)C(c3nnnn3C(C)(C)CC)C(C)C)cc2c1. The lowest BCUT2D eigenvalue weighted by molar-refractivity contribution is 0.0368. The largest absolute Gasteiger partial charge is 0.494 e. The van der Waals surface area contributed by atoms with Crippen molar-refractivity contribution >= 4 is 10.9 Å². The number of H-pyrrole nitrogens is 1. The molecule has 3 aromatic rings. The van der Waals surface area contributed by atoms with Crippen molar-refractivity contribution in [2.75, 3.05) is 19.8 Å². The van der Waals surface area contributed by atoms with Crippen LogP contribution in [0.1, 0.15) is 78.2 Å². The summed E-state index contributed by atoms with van der Waals surface area (Å²) in [5.74, 6) is 1.83. The van der Waals surface area contributed by atoms with E-state index in [2.05, 4.69) is 60.0 Å². The van der Waals surface area contributed by atoms with Crippen LogP contribution in [0.5, 0.6) is 5.75 Å². The number of nitrogens with zero attached hydrogens (tertiary/aromatic N) is 5. The number of hydrogen-bond donors (Lipinski definition) is 1. The molecule has 0 saturated carbocycles. The average Bonchev–Trinajstić information content (AvgIpc) is 3.53. The van der Waals surface area contributed by atoms with E-state index in [9.17, 15) is 4.79 Å². The molecule has 0 aliphatic carbocycles. The Bertz CT molecular complexity index is 1210. The zero-order valence-corrected chi connectivity index (χ0v) is 22.5. The quantitative estimate of drug-likeness (QED) is 0.419. The van der Waals surface area contributed by atoms with Gasteiger partial charge in [-0.05, 0) is 80.6 Å². The summed E-state index contributed by atoms with van der Waals surface area (Å²) in [4.78, 5) is 18.6. The van der Waals surface area contributed by atoms with Crippen LogP contribution < -0.4 is 10.3 Å². The van der Waals surface area contributed by atoms with E-state index in [4.69, 9.17) is 9.47 Å². The standard InChI is InChI=1S/C27H40N6O3/c1-7-27(5,6)33-25(29-30-31-33)24(18(3)4)32(17-22-10-9-13-36-22)16-20-14-19-15-21(35-8-2)11-12-23(19)28-26(20)34/h11-12,14-15,18,22,24H,7-10,13,16-17H2,1-6H3,(H,28,34). The number of nitrogens with one attached hydrogen (secondary N) is 1. The van der Waals surface area contributed by atoms with Crippen LogP contribution >= 0.6 is 0 Å². The molecule has 1 aromatic carbocycles. The van der Waals surface area contributed by atoms with Gasteiger partial charge < -0.3 is 14.5 Å². The molecule has 1 fully saturated rings. The van der Waals surface area contributed by atoms with Gasteiger partial charge >= 0.3 is 0 Å². The van der Waals surface area contributed by atoms with Crippen molar-refractivity contribution in [1.82, 2.24) is 30.1 Å². The fourth-order valence-electron chi connectivity index (χ4n) is 4.99. The molecule has 2 atom stereocenters. The zero-order chi connectivity index (χ0) is 25.9. The average molecular weight is 497 g/mol. The summed E-state index contributed by atoms with van der Waals surface area (Å²) in [7, 11) is 0. The van der Waals surface area contributed by atoms with Crippen LogP contribution in [-0.4, -0.2) is 56.0 Å². The molecule has 9 nitrogen and oxygen atoms in total. The first-order valence-electron chi connectivity index (χ1n) is 13.2. The number of pyridine rings is 1. The van der Waals surface area contributed by atoms with Crippen molar-refractivity contribution in [1.29, 1.82) is 0 Å². The van der Waals surface area contributed by atoms with Crippen molar-refractivity contribution in [3.8, 4) is 5.75 Å². The van der Waals surface area contributed by atoms with Gasteiger partial charge in [0.15, 0.2) is 5.82 Å². The van der Waals surface area contributed by atoms with Crippen LogP contribution in [0.15, 0.2) is 29.1 Å². The molecule has 0 spiro atoms. The first-order valence-corrected chi connectivity index (χ1v) is 13.2. The molecular formula is C27H40N6O3. The second-order valence-corrected chi connectivity index (χ2v) is 10.7. The molecule has 1 N–H and O–H groups in total. The number of rotatable bonds is 11. The minimum atomic E-state index is -0.225. The second kappa shape index (κ2) is 11.1. The number of aromatic amines is 1. The Balaban J connectivity index is 1.75. The number of benzene rings is 1. The summed E-state index contributed by atoms with van der Waals surface area (Å²) >= 11 is 0. The molecule has 1 aliphatic rings. The Labute approximate surface area is 213 Å². The van der Waals surface area contributed by atoms with Crippen LogP contribution in [-0.2, 0) is 16.8 Å². The Morgan fingerprint density at radius 2 is 2.08 bits per heavy atom. The molecular weight excluding hydrogens is 456 g/mol. The summed E-state index contributed by atoms with van der Waals surface area (Å²) in [5.41, 5.74) is 1.19. The van der Waals surface area contributed by atoms with Gasteiger partial charge in [-0.1, -0.05) is 20.8 Å². The molecule has 196 valence electrons. The van der Waals surface area contributed by atoms with E-state index in [-0.39, 0.29) is 29.2 Å². The van der Waals surface area contributed by atoms with Crippen LogP contribution in [0.2, 0.25) is 0 Å². The fourth-order valence-corrected chi connectivity index (χ4v) is 4.99. The van der Waals surface area contributed by atoms with Gasteiger partial charge in [-0.2, -0.15) is 0 Å². The summed E-state index contributed by atoms with van der Waals surface area (Å²) in [6.07, 6.45) is 3.09. The molecule has 0 bridgehead atoms. The van der Waals surface area contributed by atoms with Crippen LogP contribution in [0.3, 0.4) is 0 Å². The number of aromatic nitrogens is 5. The van der Waals surface area contributed by atoms with E-state index in [0.717, 1.165) is 48.3 Å². The van der Waals surface area contributed by atoms with Crippen LogP contribution in [0.4, 0.5) is 0 Å². The summed E-state index contributed by atoms with van der Waals surface area (Å²) in [6, 6.07) is 7.66. The second-order valence-electron chi connectivity index (χ2n) is 10.7. The number of fused-ring (bicyclic) bond motifs is 1. The van der Waals surface area contributed by atoms with E-state index in [1.54, 1.807) is 0 Å². The van der Waals surface area contributed by atoms with Gasteiger partial charge in [0, 0.05) is 36.2 Å². The van der Waals surface area contributed by atoms with Gasteiger partial charge in [-0.25, -0.2) is 4.68 Å². The summed E-state index contributed by atoms with van der Waals surface area (Å²) in [5, 5.41) is 13.9. The van der Waals surface area contributed by atoms with E-state index >= 15 is 0 Å². The maximum atomic E-state index is 13.2. The number of hydrogen-bond acceptors (Lipinski definition) is 7. The first-order chi connectivity index (χ1) is 17.2. The van der Waals surface area contributed by atoms with E-state index in [0.29, 0.717) is 25.3 Å². The Morgan fingerprint density at radius 1 is 1.28 bits per heavy atom. The first kappa shape index (κ1) is 26.3. The fraction of sp³-hybridized carbons (Fsp3) is 0.630. The molecule has 4 rings (SSSR count). The van der Waals surface area contributed by atoms with Crippen LogP contribution in [0.25, 0.3) is 10.9 Å². The third kappa shape index (κ3) is 5.62. The van der Waals surface area contributed by atoms with Gasteiger partial charge in [0.25, 0.3) is 5.56 Å². The maximum absolute atomic E-state index is 13.2. The summed E-state index contributed by atoms with van der Waals surface area (Å²) < 4.78 is 13.7. The number of ether oxygens (including phenoxy) is 2. The number of tetrazole rings is 1. The van der Waals surface area contributed by atoms with Crippen molar-refractivity contribution in [2.24, 2.45) is 5.92 Å². The molecule has 0 amide bonds. The van der Waals surface area contributed by atoms with Gasteiger partial charge in [0.05, 0.1) is 24.3 Å². The van der Waals surface area contributed by atoms with Gasteiger partial charge in [-0.3, -0.25) is 9.69 Å². The van der Waals surface area contributed by atoms with Crippen molar-refractivity contribution in [2.45, 2.75) is 85.0 Å². The predicted octanol–water partition coefficient (Wildman–Crippen LogP) is 4.44. The van der Waals surface area contributed by atoms with E-state index in [1.807, 2.05) is 35.9 Å². The normalized spacial score (nSPS) is 17.4. The van der Waals surface area contributed by atoms with Gasteiger partial charge in [0.1, 0.15) is 5.75 Å². The highest BCUT2D eigenvalue weighted by Gasteiger charge is 2.35. The Kier molecular flexibility index (Phi) is 8.10. The monoisotopic (exact) mass is 496 g/mol. The van der Waals surface area contributed by atoms with E-state index < -0.39 is 0 Å². The Hall–Kier alpha value is -2.78. The van der Waals surface area contributed by atoms with Gasteiger partial charge in [0.2, 0.25) is 0 Å². The Morgan fingerprint density at radius 3 is 2.75 bits per heavy atom. The molecule has 0 radical (unpaired) electrons. The molecule has 1 saturated heterocycles. The van der Waals surface area contributed by atoms with Crippen molar-refractivity contribution in [3.05, 3.63) is 46.0 Å².